The lowest BCUT2D eigenvalue weighted by Gasteiger charge is -2.22. The van der Waals surface area contributed by atoms with Crippen molar-refractivity contribution in [3.05, 3.63) is 40.7 Å². The van der Waals surface area contributed by atoms with Crippen molar-refractivity contribution in [3.8, 4) is 0 Å². The Balaban J connectivity index is 2.10. The van der Waals surface area contributed by atoms with E-state index in [1.807, 2.05) is 0 Å². The van der Waals surface area contributed by atoms with E-state index in [2.05, 4.69) is 14.7 Å². The smallest absolute Gasteiger partial charge is 0.202 e. The number of aryl methyl sites for hydroxylation is 1. The molecule has 2 unspecified atom stereocenters. The van der Waals surface area contributed by atoms with Gasteiger partial charge in [-0.05, 0) is 24.6 Å². The molecule has 1 aromatic heterocycles. The maximum absolute atomic E-state index is 10.2. The predicted octanol–water partition coefficient (Wildman–Crippen LogP) is 2.01. The predicted molar refractivity (Wildman–Crippen MR) is 75.6 cm³/mol. The molecule has 0 saturated carbocycles. The third-order valence-electron chi connectivity index (χ3n) is 2.63. The molecule has 0 spiro atoms. The number of aromatic nitrogens is 2. The normalized spacial score (nSPS) is 14.1. The van der Waals surface area contributed by atoms with Crippen LogP contribution in [0.2, 0.25) is 5.02 Å². The molecule has 0 aliphatic carbocycles. The summed E-state index contributed by atoms with van der Waals surface area (Å²) in [4.78, 5) is 4.14. The van der Waals surface area contributed by atoms with Crippen LogP contribution >= 0.6 is 23.1 Å². The molecule has 0 saturated heterocycles. The summed E-state index contributed by atoms with van der Waals surface area (Å²) in [6.07, 6.45) is -0.855. The first kappa shape index (κ1) is 14.2. The molecule has 19 heavy (non-hydrogen) atoms. The first-order valence-corrected chi connectivity index (χ1v) is 6.86. The van der Waals surface area contributed by atoms with Crippen LogP contribution in [0.25, 0.3) is 0 Å². The van der Waals surface area contributed by atoms with Crippen molar-refractivity contribution < 1.29 is 10.2 Å². The average Bonchev–Trinajstić information content (AvgIpc) is 2.81. The lowest BCUT2D eigenvalue weighted by molar-refractivity contribution is 0.118. The number of aliphatic hydroxyl groups is 2. The molecule has 0 bridgehead atoms. The van der Waals surface area contributed by atoms with Crippen molar-refractivity contribution >= 4 is 28.3 Å². The van der Waals surface area contributed by atoms with E-state index in [9.17, 15) is 10.2 Å². The molecule has 102 valence electrons. The van der Waals surface area contributed by atoms with Gasteiger partial charge in [-0.25, -0.2) is 4.98 Å². The Hall–Kier alpha value is -1.21. The second-order valence-electron chi connectivity index (χ2n) is 4.08. The highest BCUT2D eigenvalue weighted by Crippen LogP contribution is 2.22. The van der Waals surface area contributed by atoms with Crippen molar-refractivity contribution in [1.29, 1.82) is 0 Å². The molecule has 7 heteroatoms. The zero-order valence-electron chi connectivity index (χ0n) is 10.2. The zero-order chi connectivity index (χ0) is 13.8. The van der Waals surface area contributed by atoms with Gasteiger partial charge in [0, 0.05) is 16.6 Å². The maximum atomic E-state index is 10.2. The third kappa shape index (κ3) is 3.63. The fourth-order valence-electron chi connectivity index (χ4n) is 1.63. The molecule has 0 amide bonds. The molecule has 3 N–H and O–H groups in total. The average molecular weight is 300 g/mol. The van der Waals surface area contributed by atoms with Crippen LogP contribution in [0, 0.1) is 6.92 Å². The van der Waals surface area contributed by atoms with E-state index in [0.717, 1.165) is 0 Å². The zero-order valence-corrected chi connectivity index (χ0v) is 11.8. The van der Waals surface area contributed by atoms with E-state index in [1.54, 1.807) is 31.2 Å². The molecular weight excluding hydrogens is 286 g/mol. The van der Waals surface area contributed by atoms with E-state index < -0.39 is 12.1 Å². The standard InChI is InChI=1S/C12H14ClN3O2S/c1-7-14-12(19-16-7)15-10(6-17)11(18)8-2-4-9(13)5-3-8/h2-5,10-11,17-18H,6H2,1H3,(H,14,15,16). The number of nitrogens with zero attached hydrogens (tertiary/aromatic N) is 2. The molecule has 0 radical (unpaired) electrons. The van der Waals surface area contributed by atoms with E-state index in [0.29, 0.717) is 21.5 Å². The summed E-state index contributed by atoms with van der Waals surface area (Å²) in [5.74, 6) is 0.658. The Kier molecular flexibility index (Phi) is 4.71. The number of aliphatic hydroxyl groups excluding tert-OH is 2. The maximum Gasteiger partial charge on any atom is 0.202 e. The van der Waals surface area contributed by atoms with Crippen molar-refractivity contribution in [2.45, 2.75) is 19.1 Å². The van der Waals surface area contributed by atoms with E-state index in [4.69, 9.17) is 11.6 Å². The Bertz CT molecular complexity index is 532. The quantitative estimate of drug-likeness (QED) is 0.787. The van der Waals surface area contributed by atoms with Gasteiger partial charge in [-0.2, -0.15) is 4.37 Å². The summed E-state index contributed by atoms with van der Waals surface area (Å²) in [5, 5.41) is 23.8. The molecule has 0 fully saturated rings. The summed E-state index contributed by atoms with van der Waals surface area (Å²) in [6.45, 7) is 1.56. The van der Waals surface area contributed by atoms with Crippen LogP contribution in [-0.2, 0) is 0 Å². The van der Waals surface area contributed by atoms with E-state index in [-0.39, 0.29) is 6.61 Å². The number of halogens is 1. The Labute approximate surface area is 120 Å². The van der Waals surface area contributed by atoms with Crippen LogP contribution in [0.5, 0.6) is 0 Å². The first-order chi connectivity index (χ1) is 9.10. The molecule has 2 aromatic rings. The Morgan fingerprint density at radius 1 is 1.37 bits per heavy atom. The van der Waals surface area contributed by atoms with Crippen molar-refractivity contribution in [1.82, 2.24) is 9.36 Å². The number of benzene rings is 1. The van der Waals surface area contributed by atoms with Gasteiger partial charge in [0.2, 0.25) is 5.13 Å². The van der Waals surface area contributed by atoms with Crippen LogP contribution in [0.3, 0.4) is 0 Å². The summed E-state index contributed by atoms with van der Waals surface area (Å²) in [5.41, 5.74) is 0.678. The topological polar surface area (TPSA) is 78.3 Å². The fourth-order valence-corrected chi connectivity index (χ4v) is 2.39. The van der Waals surface area contributed by atoms with Gasteiger partial charge in [-0.1, -0.05) is 23.7 Å². The van der Waals surface area contributed by atoms with Crippen LogP contribution in [-0.4, -0.2) is 32.2 Å². The number of nitrogens with one attached hydrogen (secondary N) is 1. The monoisotopic (exact) mass is 299 g/mol. The van der Waals surface area contributed by atoms with Gasteiger partial charge in [0.05, 0.1) is 12.6 Å². The van der Waals surface area contributed by atoms with Crippen LogP contribution in [0.15, 0.2) is 24.3 Å². The van der Waals surface area contributed by atoms with Gasteiger partial charge >= 0.3 is 0 Å². The van der Waals surface area contributed by atoms with Crippen molar-refractivity contribution in [2.24, 2.45) is 0 Å². The highest BCUT2D eigenvalue weighted by atomic mass is 35.5. The molecule has 1 aromatic carbocycles. The number of anilines is 1. The van der Waals surface area contributed by atoms with Gasteiger partial charge in [0.15, 0.2) is 0 Å². The molecule has 2 rings (SSSR count). The summed E-state index contributed by atoms with van der Waals surface area (Å²) in [6, 6.07) is 6.30. The second kappa shape index (κ2) is 6.29. The first-order valence-electron chi connectivity index (χ1n) is 5.71. The number of hydrogen-bond donors (Lipinski definition) is 3. The molecule has 2 atom stereocenters. The highest BCUT2D eigenvalue weighted by Gasteiger charge is 2.21. The van der Waals surface area contributed by atoms with Crippen LogP contribution < -0.4 is 5.32 Å². The highest BCUT2D eigenvalue weighted by molar-refractivity contribution is 7.09. The van der Waals surface area contributed by atoms with Crippen LogP contribution in [0.1, 0.15) is 17.5 Å². The van der Waals surface area contributed by atoms with Gasteiger partial charge in [-0.3, -0.25) is 0 Å². The van der Waals surface area contributed by atoms with Crippen molar-refractivity contribution in [2.75, 3.05) is 11.9 Å². The lowest BCUT2D eigenvalue weighted by Crippen LogP contribution is -2.31. The Morgan fingerprint density at radius 2 is 2.05 bits per heavy atom. The van der Waals surface area contributed by atoms with Crippen molar-refractivity contribution in [3.63, 3.8) is 0 Å². The SMILES string of the molecule is Cc1nsc(NC(CO)C(O)c2ccc(Cl)cc2)n1. The Morgan fingerprint density at radius 3 is 2.58 bits per heavy atom. The molecule has 0 aliphatic heterocycles. The largest absolute Gasteiger partial charge is 0.394 e. The lowest BCUT2D eigenvalue weighted by atomic mass is 10.0. The fraction of sp³-hybridized carbons (Fsp3) is 0.333. The minimum absolute atomic E-state index is 0.220. The minimum atomic E-state index is -0.855. The van der Waals surface area contributed by atoms with Crippen LogP contribution in [0.4, 0.5) is 5.13 Å². The molecular formula is C12H14ClN3O2S. The molecule has 1 heterocycles. The minimum Gasteiger partial charge on any atom is -0.394 e. The number of hydrogen-bond acceptors (Lipinski definition) is 6. The van der Waals surface area contributed by atoms with E-state index >= 15 is 0 Å². The summed E-state index contributed by atoms with van der Waals surface area (Å²) < 4.78 is 4.03. The molecule has 5 nitrogen and oxygen atoms in total. The van der Waals surface area contributed by atoms with Gasteiger partial charge in [0.25, 0.3) is 0 Å². The van der Waals surface area contributed by atoms with E-state index in [1.165, 1.54) is 11.5 Å². The van der Waals surface area contributed by atoms with Gasteiger partial charge in [-0.15, -0.1) is 0 Å². The van der Waals surface area contributed by atoms with Gasteiger partial charge < -0.3 is 15.5 Å². The molecule has 0 aliphatic rings. The number of rotatable bonds is 5. The third-order valence-corrected chi connectivity index (χ3v) is 3.62. The second-order valence-corrected chi connectivity index (χ2v) is 5.26. The summed E-state index contributed by atoms with van der Waals surface area (Å²) >= 11 is 6.99. The summed E-state index contributed by atoms with van der Waals surface area (Å²) in [7, 11) is 0. The van der Waals surface area contributed by atoms with Gasteiger partial charge in [0.1, 0.15) is 11.9 Å².